The number of aromatic nitrogens is 2. The Hall–Kier alpha value is -1.94. The first-order valence-corrected chi connectivity index (χ1v) is 10.7. The van der Waals surface area contributed by atoms with Crippen LogP contribution in [0.5, 0.6) is 0 Å². The molecule has 0 atom stereocenters. The normalized spacial score (nSPS) is 19.9. The highest BCUT2D eigenvalue weighted by Gasteiger charge is 2.22. The van der Waals surface area contributed by atoms with E-state index in [1.807, 2.05) is 24.3 Å². The highest BCUT2D eigenvalue weighted by atomic mass is 79.9. The molecular weight excluding hydrogens is 400 g/mol. The molecule has 0 aliphatic heterocycles. The van der Waals surface area contributed by atoms with E-state index >= 15 is 0 Å². The van der Waals surface area contributed by atoms with Gasteiger partial charge < -0.3 is 4.52 Å². The molecule has 27 heavy (non-hydrogen) atoms. The van der Waals surface area contributed by atoms with Crippen LogP contribution in [0.1, 0.15) is 56.9 Å². The molecule has 0 bridgehead atoms. The molecular formula is C23H25BrN2O. The highest BCUT2D eigenvalue weighted by Crippen LogP contribution is 2.38. The molecule has 0 spiro atoms. The number of rotatable bonds is 5. The molecule has 3 aromatic rings. The standard InChI is InChI=1S/C23H25BrN2O/c1-2-5-16-8-10-17(11-9-16)18-12-14-19(15-13-18)22-25-23(27-26-22)20-6-3-4-7-21(20)24/h3-4,6-7,12-17H,2,5,8-11H2,1H3. The summed E-state index contributed by atoms with van der Waals surface area (Å²) < 4.78 is 6.43. The second-order valence-corrected chi connectivity index (χ2v) is 8.39. The Balaban J connectivity index is 1.46. The molecule has 140 valence electrons. The van der Waals surface area contributed by atoms with Crippen molar-refractivity contribution in [1.82, 2.24) is 10.1 Å². The molecule has 0 radical (unpaired) electrons. The average molecular weight is 425 g/mol. The van der Waals surface area contributed by atoms with E-state index in [9.17, 15) is 0 Å². The van der Waals surface area contributed by atoms with Crippen molar-refractivity contribution in [2.45, 2.75) is 51.4 Å². The van der Waals surface area contributed by atoms with Crippen molar-refractivity contribution in [1.29, 1.82) is 0 Å². The summed E-state index contributed by atoms with van der Waals surface area (Å²) in [6.45, 7) is 2.30. The smallest absolute Gasteiger partial charge is 0.259 e. The average Bonchev–Trinajstić information content (AvgIpc) is 3.19. The van der Waals surface area contributed by atoms with Gasteiger partial charge in [0.2, 0.25) is 5.82 Å². The molecule has 1 saturated carbocycles. The molecule has 1 heterocycles. The summed E-state index contributed by atoms with van der Waals surface area (Å²) in [5.74, 6) is 2.82. The largest absolute Gasteiger partial charge is 0.334 e. The third kappa shape index (κ3) is 4.16. The molecule has 1 fully saturated rings. The van der Waals surface area contributed by atoms with Gasteiger partial charge in [-0.15, -0.1) is 0 Å². The molecule has 0 saturated heterocycles. The lowest BCUT2D eigenvalue weighted by Crippen LogP contribution is -2.13. The van der Waals surface area contributed by atoms with Gasteiger partial charge in [0.15, 0.2) is 0 Å². The topological polar surface area (TPSA) is 38.9 Å². The molecule has 1 aliphatic rings. The number of benzene rings is 2. The maximum atomic E-state index is 5.48. The van der Waals surface area contributed by atoms with Gasteiger partial charge in [-0.1, -0.05) is 61.3 Å². The summed E-state index contributed by atoms with van der Waals surface area (Å²) in [7, 11) is 0. The summed E-state index contributed by atoms with van der Waals surface area (Å²) in [5, 5.41) is 4.17. The third-order valence-corrected chi connectivity index (χ3v) is 6.41. The maximum Gasteiger partial charge on any atom is 0.259 e. The van der Waals surface area contributed by atoms with E-state index in [0.717, 1.165) is 21.5 Å². The first-order valence-electron chi connectivity index (χ1n) is 9.93. The van der Waals surface area contributed by atoms with Crippen LogP contribution in [0.25, 0.3) is 22.8 Å². The molecule has 0 amide bonds. The number of hydrogen-bond acceptors (Lipinski definition) is 3. The molecule has 4 heteroatoms. The minimum absolute atomic E-state index is 0.538. The van der Waals surface area contributed by atoms with Crippen LogP contribution in [0.3, 0.4) is 0 Å². The predicted molar refractivity (Wildman–Crippen MR) is 112 cm³/mol. The van der Waals surface area contributed by atoms with E-state index in [2.05, 4.69) is 57.3 Å². The van der Waals surface area contributed by atoms with Gasteiger partial charge in [0.1, 0.15) is 0 Å². The Labute approximate surface area is 169 Å². The van der Waals surface area contributed by atoms with Crippen molar-refractivity contribution >= 4 is 15.9 Å². The van der Waals surface area contributed by atoms with Crippen molar-refractivity contribution in [3.05, 3.63) is 58.6 Å². The van der Waals surface area contributed by atoms with Crippen molar-refractivity contribution < 1.29 is 4.52 Å². The van der Waals surface area contributed by atoms with Crippen molar-refractivity contribution in [2.24, 2.45) is 5.92 Å². The Morgan fingerprint density at radius 1 is 1.00 bits per heavy atom. The van der Waals surface area contributed by atoms with Crippen LogP contribution in [-0.4, -0.2) is 10.1 Å². The number of nitrogens with zero attached hydrogens (tertiary/aromatic N) is 2. The monoisotopic (exact) mass is 424 g/mol. The van der Waals surface area contributed by atoms with Gasteiger partial charge in [-0.2, -0.15) is 4.98 Å². The zero-order valence-electron chi connectivity index (χ0n) is 15.7. The van der Waals surface area contributed by atoms with Gasteiger partial charge in [-0.05, 0) is 71.1 Å². The molecule has 2 aromatic carbocycles. The van der Waals surface area contributed by atoms with Crippen LogP contribution in [0.4, 0.5) is 0 Å². The Bertz CT molecular complexity index is 879. The van der Waals surface area contributed by atoms with Crippen LogP contribution in [0, 0.1) is 5.92 Å². The second kappa shape index (κ2) is 8.39. The zero-order valence-corrected chi connectivity index (χ0v) is 17.3. The molecule has 0 unspecified atom stereocenters. The van der Waals surface area contributed by atoms with Crippen molar-refractivity contribution in [3.8, 4) is 22.8 Å². The second-order valence-electron chi connectivity index (χ2n) is 7.53. The minimum Gasteiger partial charge on any atom is -0.334 e. The van der Waals surface area contributed by atoms with Crippen molar-refractivity contribution in [2.75, 3.05) is 0 Å². The van der Waals surface area contributed by atoms with E-state index < -0.39 is 0 Å². The quantitative estimate of drug-likeness (QED) is 0.433. The number of hydrogen-bond donors (Lipinski definition) is 0. The summed E-state index contributed by atoms with van der Waals surface area (Å²) in [4.78, 5) is 4.58. The molecule has 3 nitrogen and oxygen atoms in total. The number of halogens is 1. The Morgan fingerprint density at radius 3 is 2.44 bits per heavy atom. The van der Waals surface area contributed by atoms with Gasteiger partial charge in [-0.25, -0.2) is 0 Å². The lowest BCUT2D eigenvalue weighted by Gasteiger charge is -2.28. The zero-order chi connectivity index (χ0) is 18.6. The molecule has 1 aromatic heterocycles. The van der Waals surface area contributed by atoms with E-state index in [1.54, 1.807) is 0 Å². The van der Waals surface area contributed by atoms with E-state index in [-0.39, 0.29) is 0 Å². The fraction of sp³-hybridized carbons (Fsp3) is 0.391. The van der Waals surface area contributed by atoms with Gasteiger partial charge in [0, 0.05) is 10.0 Å². The Morgan fingerprint density at radius 2 is 1.74 bits per heavy atom. The molecule has 4 rings (SSSR count). The van der Waals surface area contributed by atoms with Gasteiger partial charge in [-0.3, -0.25) is 0 Å². The van der Waals surface area contributed by atoms with E-state index in [4.69, 9.17) is 4.52 Å². The predicted octanol–water partition coefficient (Wildman–Crippen LogP) is 7.24. The van der Waals surface area contributed by atoms with Crippen LogP contribution in [0.15, 0.2) is 57.5 Å². The molecule has 0 N–H and O–H groups in total. The summed E-state index contributed by atoms with van der Waals surface area (Å²) in [6.07, 6.45) is 8.09. The minimum atomic E-state index is 0.538. The SMILES string of the molecule is CCCC1CCC(c2ccc(-c3noc(-c4ccccc4Br)n3)cc2)CC1. The lowest BCUT2D eigenvalue weighted by atomic mass is 9.77. The van der Waals surface area contributed by atoms with Crippen LogP contribution < -0.4 is 0 Å². The van der Waals surface area contributed by atoms with E-state index in [0.29, 0.717) is 17.6 Å². The maximum absolute atomic E-state index is 5.48. The summed E-state index contributed by atoms with van der Waals surface area (Å²) >= 11 is 3.54. The first kappa shape index (κ1) is 18.4. The van der Waals surface area contributed by atoms with Gasteiger partial charge in [0.05, 0.1) is 5.56 Å². The van der Waals surface area contributed by atoms with E-state index in [1.165, 1.54) is 44.1 Å². The van der Waals surface area contributed by atoms with Crippen LogP contribution in [-0.2, 0) is 0 Å². The summed E-state index contributed by atoms with van der Waals surface area (Å²) in [5.41, 5.74) is 3.36. The fourth-order valence-electron chi connectivity index (χ4n) is 4.18. The Kier molecular flexibility index (Phi) is 5.72. The third-order valence-electron chi connectivity index (χ3n) is 5.71. The van der Waals surface area contributed by atoms with Crippen LogP contribution in [0.2, 0.25) is 0 Å². The highest BCUT2D eigenvalue weighted by molar-refractivity contribution is 9.10. The lowest BCUT2D eigenvalue weighted by molar-refractivity contribution is 0.308. The fourth-order valence-corrected chi connectivity index (χ4v) is 4.64. The van der Waals surface area contributed by atoms with Gasteiger partial charge >= 0.3 is 0 Å². The van der Waals surface area contributed by atoms with Crippen LogP contribution >= 0.6 is 15.9 Å². The summed E-state index contributed by atoms with van der Waals surface area (Å²) in [6, 6.07) is 16.6. The molecule has 1 aliphatic carbocycles. The first-order chi connectivity index (χ1) is 13.2. The van der Waals surface area contributed by atoms with Gasteiger partial charge in [0.25, 0.3) is 5.89 Å². The van der Waals surface area contributed by atoms with Crippen molar-refractivity contribution in [3.63, 3.8) is 0 Å².